The van der Waals surface area contributed by atoms with Crippen LogP contribution < -0.4 is 5.32 Å². The van der Waals surface area contributed by atoms with Crippen molar-refractivity contribution >= 4 is 27.5 Å². The maximum atomic E-state index is 6.05. The van der Waals surface area contributed by atoms with E-state index in [0.717, 1.165) is 22.5 Å². The second-order valence-corrected chi connectivity index (χ2v) is 6.69. The Balaban J connectivity index is 2.28. The van der Waals surface area contributed by atoms with Gasteiger partial charge in [0.25, 0.3) is 0 Å². The van der Waals surface area contributed by atoms with Gasteiger partial charge < -0.3 is 5.32 Å². The van der Waals surface area contributed by atoms with Crippen molar-refractivity contribution in [1.82, 2.24) is 5.32 Å². The fraction of sp³-hybridized carbons (Fsp3) is 0.333. The van der Waals surface area contributed by atoms with Gasteiger partial charge in [0.05, 0.1) is 0 Å². The Bertz CT molecular complexity index is 625. The quantitative estimate of drug-likeness (QED) is 0.725. The third-order valence-corrected chi connectivity index (χ3v) is 4.72. The normalized spacial score (nSPS) is 12.4. The van der Waals surface area contributed by atoms with Gasteiger partial charge in [0, 0.05) is 15.5 Å². The lowest BCUT2D eigenvalue weighted by atomic mass is 9.96. The minimum absolute atomic E-state index is 0.281. The van der Waals surface area contributed by atoms with Gasteiger partial charge in [0.2, 0.25) is 0 Å². The molecule has 0 aliphatic rings. The lowest BCUT2D eigenvalue weighted by molar-refractivity contribution is 0.548. The van der Waals surface area contributed by atoms with E-state index in [4.69, 9.17) is 11.6 Å². The van der Waals surface area contributed by atoms with Crippen LogP contribution in [0.2, 0.25) is 5.02 Å². The summed E-state index contributed by atoms with van der Waals surface area (Å²) < 4.78 is 1.06. The fourth-order valence-corrected chi connectivity index (χ4v) is 3.45. The number of rotatable bonds is 5. The lowest BCUT2D eigenvalue weighted by Gasteiger charge is -2.20. The highest BCUT2D eigenvalue weighted by Crippen LogP contribution is 2.29. The molecule has 0 bridgehead atoms. The van der Waals surface area contributed by atoms with E-state index < -0.39 is 0 Å². The van der Waals surface area contributed by atoms with E-state index >= 15 is 0 Å². The molecule has 2 aromatic rings. The Morgan fingerprint density at radius 1 is 1.10 bits per heavy atom. The van der Waals surface area contributed by atoms with Gasteiger partial charge >= 0.3 is 0 Å². The Kier molecular flexibility index (Phi) is 5.86. The standard InChI is InChI=1S/C18H21BrClN/c1-4-21-18(16-8-7-15(20)11-17(16)19)10-14-6-5-12(2)13(3)9-14/h5-9,11,18,21H,4,10H2,1-3H3. The van der Waals surface area contributed by atoms with Crippen LogP contribution >= 0.6 is 27.5 Å². The molecule has 0 saturated carbocycles. The van der Waals surface area contributed by atoms with Crippen molar-refractivity contribution in [1.29, 1.82) is 0 Å². The van der Waals surface area contributed by atoms with Gasteiger partial charge in [-0.3, -0.25) is 0 Å². The zero-order chi connectivity index (χ0) is 15.4. The first-order valence-corrected chi connectivity index (χ1v) is 8.42. The van der Waals surface area contributed by atoms with Gasteiger partial charge in [-0.2, -0.15) is 0 Å². The van der Waals surface area contributed by atoms with E-state index in [0.29, 0.717) is 0 Å². The van der Waals surface area contributed by atoms with Crippen molar-refractivity contribution < 1.29 is 0 Å². The highest BCUT2D eigenvalue weighted by Gasteiger charge is 2.15. The summed E-state index contributed by atoms with van der Waals surface area (Å²) >= 11 is 9.68. The number of nitrogens with one attached hydrogen (secondary N) is 1. The number of hydrogen-bond acceptors (Lipinski definition) is 1. The summed E-state index contributed by atoms with van der Waals surface area (Å²) in [6.45, 7) is 7.39. The maximum Gasteiger partial charge on any atom is 0.0417 e. The lowest BCUT2D eigenvalue weighted by Crippen LogP contribution is -2.23. The summed E-state index contributed by atoms with van der Waals surface area (Å²) in [7, 11) is 0. The zero-order valence-electron chi connectivity index (χ0n) is 12.7. The Morgan fingerprint density at radius 3 is 2.48 bits per heavy atom. The SMILES string of the molecule is CCNC(Cc1ccc(C)c(C)c1)c1ccc(Cl)cc1Br. The fourth-order valence-electron chi connectivity index (χ4n) is 2.49. The molecule has 0 saturated heterocycles. The van der Waals surface area contributed by atoms with Gasteiger partial charge in [0.1, 0.15) is 0 Å². The largest absolute Gasteiger partial charge is 0.310 e. The second-order valence-electron chi connectivity index (χ2n) is 5.40. The van der Waals surface area contributed by atoms with Crippen molar-refractivity contribution in [2.24, 2.45) is 0 Å². The van der Waals surface area contributed by atoms with E-state index in [9.17, 15) is 0 Å². The summed E-state index contributed by atoms with van der Waals surface area (Å²) in [6.07, 6.45) is 0.967. The number of benzene rings is 2. The first-order chi connectivity index (χ1) is 10.0. The molecule has 0 aromatic heterocycles. The monoisotopic (exact) mass is 365 g/mol. The van der Waals surface area contributed by atoms with Crippen molar-refractivity contribution in [2.75, 3.05) is 6.54 Å². The first kappa shape index (κ1) is 16.5. The van der Waals surface area contributed by atoms with Gasteiger partial charge in [-0.1, -0.05) is 58.7 Å². The molecule has 2 rings (SSSR count). The Morgan fingerprint density at radius 2 is 1.86 bits per heavy atom. The van der Waals surface area contributed by atoms with E-state index in [2.05, 4.69) is 66.3 Å². The molecule has 21 heavy (non-hydrogen) atoms. The van der Waals surface area contributed by atoms with Crippen LogP contribution in [0.3, 0.4) is 0 Å². The molecule has 0 fully saturated rings. The zero-order valence-corrected chi connectivity index (χ0v) is 15.1. The predicted molar refractivity (Wildman–Crippen MR) is 95.2 cm³/mol. The van der Waals surface area contributed by atoms with Crippen LogP contribution in [0.5, 0.6) is 0 Å². The number of halogens is 2. The summed E-state index contributed by atoms with van der Waals surface area (Å²) in [5, 5.41) is 4.33. The van der Waals surface area contributed by atoms with E-state index in [1.165, 1.54) is 22.3 Å². The Labute approximate surface area is 140 Å². The molecule has 0 aliphatic carbocycles. The molecule has 0 amide bonds. The van der Waals surface area contributed by atoms with Crippen LogP contribution in [0.4, 0.5) is 0 Å². The number of likely N-dealkylation sites (N-methyl/N-ethyl adjacent to an activating group) is 1. The topological polar surface area (TPSA) is 12.0 Å². The van der Waals surface area contributed by atoms with Gasteiger partial charge in [-0.05, 0) is 61.2 Å². The molecule has 0 radical (unpaired) electrons. The molecule has 112 valence electrons. The Hall–Kier alpha value is -0.830. The van der Waals surface area contributed by atoms with Crippen molar-refractivity contribution in [3.8, 4) is 0 Å². The molecule has 3 heteroatoms. The molecule has 0 heterocycles. The highest BCUT2D eigenvalue weighted by atomic mass is 79.9. The van der Waals surface area contributed by atoms with Gasteiger partial charge in [-0.25, -0.2) is 0 Å². The van der Waals surface area contributed by atoms with E-state index in [1.807, 2.05) is 12.1 Å². The second kappa shape index (κ2) is 7.44. The van der Waals surface area contributed by atoms with E-state index in [-0.39, 0.29) is 6.04 Å². The van der Waals surface area contributed by atoms with E-state index in [1.54, 1.807) is 0 Å². The smallest absolute Gasteiger partial charge is 0.0417 e. The van der Waals surface area contributed by atoms with Crippen LogP contribution in [0, 0.1) is 13.8 Å². The predicted octanol–water partition coefficient (Wildman–Crippen LogP) is 5.61. The number of hydrogen-bond donors (Lipinski definition) is 1. The minimum atomic E-state index is 0.281. The van der Waals surface area contributed by atoms with Gasteiger partial charge in [-0.15, -0.1) is 0 Å². The third kappa shape index (κ3) is 4.32. The van der Waals surface area contributed by atoms with Crippen LogP contribution in [-0.2, 0) is 6.42 Å². The highest BCUT2D eigenvalue weighted by molar-refractivity contribution is 9.10. The molecule has 1 unspecified atom stereocenters. The van der Waals surface area contributed by atoms with Crippen LogP contribution in [0.15, 0.2) is 40.9 Å². The third-order valence-electron chi connectivity index (χ3n) is 3.80. The minimum Gasteiger partial charge on any atom is -0.310 e. The molecule has 1 atom stereocenters. The van der Waals surface area contributed by atoms with Crippen LogP contribution in [-0.4, -0.2) is 6.54 Å². The molecule has 1 nitrogen and oxygen atoms in total. The molecule has 0 aliphatic heterocycles. The molecule has 0 spiro atoms. The van der Waals surface area contributed by atoms with Crippen molar-refractivity contribution in [3.63, 3.8) is 0 Å². The summed E-state index contributed by atoms with van der Waals surface area (Å²) in [5.41, 5.74) is 5.29. The average molecular weight is 367 g/mol. The summed E-state index contributed by atoms with van der Waals surface area (Å²) in [5.74, 6) is 0. The van der Waals surface area contributed by atoms with Crippen molar-refractivity contribution in [3.05, 3.63) is 68.1 Å². The summed E-state index contributed by atoms with van der Waals surface area (Å²) in [6, 6.07) is 13.0. The van der Waals surface area contributed by atoms with Crippen LogP contribution in [0.1, 0.15) is 35.2 Å². The number of aryl methyl sites for hydroxylation is 2. The van der Waals surface area contributed by atoms with Crippen molar-refractivity contribution in [2.45, 2.75) is 33.2 Å². The first-order valence-electron chi connectivity index (χ1n) is 7.25. The maximum absolute atomic E-state index is 6.05. The van der Waals surface area contributed by atoms with Crippen LogP contribution in [0.25, 0.3) is 0 Å². The van der Waals surface area contributed by atoms with Gasteiger partial charge in [0.15, 0.2) is 0 Å². The summed E-state index contributed by atoms with van der Waals surface area (Å²) in [4.78, 5) is 0. The average Bonchev–Trinajstić information content (AvgIpc) is 2.42. The molecular weight excluding hydrogens is 346 g/mol. The molecule has 1 N–H and O–H groups in total. The molecular formula is C18H21BrClN. The molecule has 2 aromatic carbocycles.